The topological polar surface area (TPSA) is 68.5 Å². The maximum atomic E-state index is 13.2. The second-order valence-corrected chi connectivity index (χ2v) is 8.59. The van der Waals surface area contributed by atoms with E-state index in [0.29, 0.717) is 34.4 Å². The van der Waals surface area contributed by atoms with Gasteiger partial charge in [-0.1, -0.05) is 47.8 Å². The number of unbranched alkanes of at least 4 members (excludes halogenated alkanes) is 2. The molecule has 3 aromatic carbocycles. The number of amides is 1. The number of rotatable bonds is 9. The molecule has 0 aliphatic rings. The van der Waals surface area contributed by atoms with Crippen molar-refractivity contribution in [2.75, 3.05) is 11.9 Å². The number of fused-ring (bicyclic) bond motifs is 1. The fourth-order valence-electron chi connectivity index (χ4n) is 3.49. The van der Waals surface area contributed by atoms with E-state index in [1.54, 1.807) is 54.6 Å². The summed E-state index contributed by atoms with van der Waals surface area (Å²) in [7, 11) is 0. The normalized spacial score (nSPS) is 10.8. The number of hydrogen-bond donors (Lipinski definition) is 1. The molecule has 1 heterocycles. The van der Waals surface area contributed by atoms with Crippen molar-refractivity contribution < 1.29 is 18.7 Å². The molecule has 0 fully saturated rings. The number of anilines is 1. The highest BCUT2D eigenvalue weighted by Crippen LogP contribution is 2.33. The van der Waals surface area contributed by atoms with Gasteiger partial charge in [-0.25, -0.2) is 0 Å². The second-order valence-electron chi connectivity index (χ2n) is 7.67. The lowest BCUT2D eigenvalue weighted by Crippen LogP contribution is -2.14. The first-order valence-corrected chi connectivity index (χ1v) is 11.7. The molecule has 0 aliphatic carbocycles. The van der Waals surface area contributed by atoms with Gasteiger partial charge in [0.1, 0.15) is 11.3 Å². The molecule has 4 aromatic rings. The monoisotopic (exact) mass is 505 g/mol. The summed E-state index contributed by atoms with van der Waals surface area (Å²) in [5.41, 5.74) is 1.83. The summed E-state index contributed by atoms with van der Waals surface area (Å²) in [6.45, 7) is 2.80. The summed E-state index contributed by atoms with van der Waals surface area (Å²) in [6.07, 6.45) is 3.26. The van der Waals surface area contributed by atoms with Gasteiger partial charge >= 0.3 is 0 Å². The van der Waals surface area contributed by atoms with Crippen LogP contribution in [0.1, 0.15) is 52.7 Å². The molecule has 0 atom stereocenters. The molecule has 0 radical (unpaired) electrons. The molecule has 6 heteroatoms. The van der Waals surface area contributed by atoms with Crippen molar-refractivity contribution in [1.82, 2.24) is 0 Å². The average Bonchev–Trinajstić information content (AvgIpc) is 3.20. The lowest BCUT2D eigenvalue weighted by molar-refractivity contribution is 0.101. The van der Waals surface area contributed by atoms with Gasteiger partial charge in [-0.2, -0.15) is 0 Å². The molecule has 1 aromatic heterocycles. The van der Waals surface area contributed by atoms with E-state index in [1.165, 1.54) is 0 Å². The van der Waals surface area contributed by atoms with E-state index in [2.05, 4.69) is 28.2 Å². The van der Waals surface area contributed by atoms with Gasteiger partial charge in [0.25, 0.3) is 5.91 Å². The number of ether oxygens (including phenoxy) is 1. The van der Waals surface area contributed by atoms with Crippen LogP contribution in [-0.2, 0) is 0 Å². The Bertz CT molecular complexity index is 1260. The van der Waals surface area contributed by atoms with Gasteiger partial charge in [-0.05, 0) is 67.1 Å². The zero-order valence-electron chi connectivity index (χ0n) is 18.3. The van der Waals surface area contributed by atoms with Crippen LogP contribution in [0.2, 0.25) is 0 Å². The van der Waals surface area contributed by atoms with Gasteiger partial charge in [0.05, 0.1) is 12.3 Å². The zero-order valence-corrected chi connectivity index (χ0v) is 19.9. The molecule has 1 amide bonds. The third-order valence-corrected chi connectivity index (χ3v) is 5.81. The summed E-state index contributed by atoms with van der Waals surface area (Å²) >= 11 is 3.38. The Kier molecular flexibility index (Phi) is 7.25. The molecular weight excluding hydrogens is 482 g/mol. The van der Waals surface area contributed by atoms with Crippen LogP contribution in [0.4, 0.5) is 5.69 Å². The van der Waals surface area contributed by atoms with Crippen molar-refractivity contribution in [1.29, 1.82) is 0 Å². The molecule has 0 saturated heterocycles. The molecule has 33 heavy (non-hydrogen) atoms. The van der Waals surface area contributed by atoms with Crippen LogP contribution in [-0.4, -0.2) is 18.3 Å². The molecule has 168 valence electrons. The summed E-state index contributed by atoms with van der Waals surface area (Å²) in [4.78, 5) is 26.2. The number of ketones is 1. The van der Waals surface area contributed by atoms with Crippen molar-refractivity contribution in [3.8, 4) is 5.75 Å². The third kappa shape index (κ3) is 5.34. The maximum absolute atomic E-state index is 13.2. The van der Waals surface area contributed by atoms with E-state index in [-0.39, 0.29) is 17.5 Å². The summed E-state index contributed by atoms with van der Waals surface area (Å²) in [5.74, 6) is 0.194. The van der Waals surface area contributed by atoms with Crippen LogP contribution in [0.5, 0.6) is 5.75 Å². The van der Waals surface area contributed by atoms with E-state index in [0.717, 1.165) is 29.5 Å². The van der Waals surface area contributed by atoms with Gasteiger partial charge < -0.3 is 14.5 Å². The highest BCUT2D eigenvalue weighted by atomic mass is 79.9. The standard InChI is InChI=1S/C27H24BrNO4/c1-2-3-6-17-32-21-15-11-19(12-16-21)27(31)29-24-22-7-4-5-8-23(22)33-26(24)25(30)18-9-13-20(28)14-10-18/h4-5,7-16H,2-3,6,17H2,1H3,(H,29,31). The quantitative estimate of drug-likeness (QED) is 0.192. The first-order chi connectivity index (χ1) is 16.1. The highest BCUT2D eigenvalue weighted by Gasteiger charge is 2.23. The Hall–Kier alpha value is -3.38. The number of furan rings is 1. The SMILES string of the molecule is CCCCCOc1ccc(C(=O)Nc2c(C(=O)c3ccc(Br)cc3)oc3ccccc23)cc1. The van der Waals surface area contributed by atoms with Gasteiger partial charge in [0.15, 0.2) is 5.76 Å². The first kappa shape index (κ1) is 22.8. The lowest BCUT2D eigenvalue weighted by Gasteiger charge is -2.08. The van der Waals surface area contributed by atoms with Crippen molar-refractivity contribution in [2.45, 2.75) is 26.2 Å². The number of benzene rings is 3. The molecule has 0 bridgehead atoms. The van der Waals surface area contributed by atoms with Gasteiger partial charge in [-0.15, -0.1) is 0 Å². The van der Waals surface area contributed by atoms with Crippen LogP contribution in [0.15, 0.2) is 81.7 Å². The van der Waals surface area contributed by atoms with E-state index in [4.69, 9.17) is 9.15 Å². The minimum absolute atomic E-state index is 0.0998. The Labute approximate surface area is 200 Å². The number of carbonyl (C=O) groups excluding carboxylic acids is 2. The first-order valence-electron chi connectivity index (χ1n) is 10.9. The molecular formula is C27H24BrNO4. The summed E-state index contributed by atoms with van der Waals surface area (Å²) in [6, 6.07) is 21.2. The molecule has 1 N–H and O–H groups in total. The number of para-hydroxylation sites is 1. The predicted octanol–water partition coefficient (Wildman–Crippen LogP) is 7.25. The second kappa shape index (κ2) is 10.5. The smallest absolute Gasteiger partial charge is 0.255 e. The van der Waals surface area contributed by atoms with Crippen LogP contribution >= 0.6 is 15.9 Å². The molecule has 4 rings (SSSR count). The lowest BCUT2D eigenvalue weighted by atomic mass is 10.1. The molecule has 0 aliphatic heterocycles. The van der Waals surface area contributed by atoms with E-state index in [9.17, 15) is 9.59 Å². The Morgan fingerprint density at radius 3 is 2.33 bits per heavy atom. The van der Waals surface area contributed by atoms with Crippen molar-refractivity contribution in [3.05, 3.63) is 94.2 Å². The molecule has 0 saturated carbocycles. The van der Waals surface area contributed by atoms with Crippen molar-refractivity contribution in [2.24, 2.45) is 0 Å². The van der Waals surface area contributed by atoms with Crippen LogP contribution in [0.3, 0.4) is 0 Å². The van der Waals surface area contributed by atoms with E-state index in [1.807, 2.05) is 18.2 Å². The number of carbonyl (C=O) groups is 2. The van der Waals surface area contributed by atoms with Crippen LogP contribution in [0.25, 0.3) is 11.0 Å². The molecule has 0 spiro atoms. The highest BCUT2D eigenvalue weighted by molar-refractivity contribution is 9.10. The van der Waals surface area contributed by atoms with Crippen molar-refractivity contribution >= 4 is 44.3 Å². The van der Waals surface area contributed by atoms with Gasteiger partial charge in [-0.3, -0.25) is 9.59 Å². The number of hydrogen-bond acceptors (Lipinski definition) is 4. The van der Waals surface area contributed by atoms with Crippen LogP contribution in [0, 0.1) is 0 Å². The van der Waals surface area contributed by atoms with Gasteiger partial charge in [0.2, 0.25) is 5.78 Å². The van der Waals surface area contributed by atoms with E-state index >= 15 is 0 Å². The van der Waals surface area contributed by atoms with Gasteiger partial charge in [0, 0.05) is 21.0 Å². The van der Waals surface area contributed by atoms with Crippen molar-refractivity contribution in [3.63, 3.8) is 0 Å². The third-order valence-electron chi connectivity index (χ3n) is 5.28. The minimum Gasteiger partial charge on any atom is -0.494 e. The molecule has 5 nitrogen and oxygen atoms in total. The largest absolute Gasteiger partial charge is 0.494 e. The fraction of sp³-hybridized carbons (Fsp3) is 0.185. The van der Waals surface area contributed by atoms with E-state index < -0.39 is 0 Å². The average molecular weight is 506 g/mol. The maximum Gasteiger partial charge on any atom is 0.255 e. The van der Waals surface area contributed by atoms with Crippen LogP contribution < -0.4 is 10.1 Å². The Balaban J connectivity index is 1.57. The summed E-state index contributed by atoms with van der Waals surface area (Å²) < 4.78 is 12.5. The zero-order chi connectivity index (χ0) is 23.2. The Morgan fingerprint density at radius 1 is 0.909 bits per heavy atom. The predicted molar refractivity (Wildman–Crippen MR) is 133 cm³/mol. The number of nitrogens with one attached hydrogen (secondary N) is 1. The summed E-state index contributed by atoms with van der Waals surface area (Å²) in [5, 5.41) is 3.56. The minimum atomic E-state index is -0.330. The molecule has 0 unspecified atom stereocenters. The fourth-order valence-corrected chi connectivity index (χ4v) is 3.76. The number of halogens is 1. The Morgan fingerprint density at radius 2 is 1.61 bits per heavy atom.